The number of hydrogen-bond donors (Lipinski definition) is 2. The first-order chi connectivity index (χ1) is 9.90. The van der Waals surface area contributed by atoms with E-state index >= 15 is 0 Å². The van der Waals surface area contributed by atoms with Crippen LogP contribution >= 0.6 is 23.4 Å². The molecule has 2 heterocycles. The summed E-state index contributed by atoms with van der Waals surface area (Å²) in [4.78, 5) is 29.2. The summed E-state index contributed by atoms with van der Waals surface area (Å²) in [5, 5.41) is 3.47. The fraction of sp³-hybridized carbons (Fsp3) is 0.571. The molecule has 7 heteroatoms. The summed E-state index contributed by atoms with van der Waals surface area (Å²) in [6.45, 7) is 6.08. The minimum Gasteiger partial charge on any atom is -0.356 e. The van der Waals surface area contributed by atoms with E-state index in [-0.39, 0.29) is 17.9 Å². The summed E-state index contributed by atoms with van der Waals surface area (Å²) in [5.41, 5.74) is 0.414. The summed E-state index contributed by atoms with van der Waals surface area (Å²) < 4.78 is 0. The van der Waals surface area contributed by atoms with Crippen molar-refractivity contribution < 1.29 is 9.59 Å². The van der Waals surface area contributed by atoms with Crippen molar-refractivity contribution in [3.8, 4) is 0 Å². The Bertz CT molecular complexity index is 532. The zero-order valence-corrected chi connectivity index (χ0v) is 13.9. The van der Waals surface area contributed by atoms with Gasteiger partial charge in [0, 0.05) is 18.0 Å². The largest absolute Gasteiger partial charge is 0.356 e. The first-order valence-electron chi connectivity index (χ1n) is 6.93. The van der Waals surface area contributed by atoms with Crippen LogP contribution in [0.25, 0.3) is 0 Å². The van der Waals surface area contributed by atoms with Crippen LogP contribution in [0.5, 0.6) is 0 Å². The quantitative estimate of drug-likeness (QED) is 0.891. The first-order valence-corrected chi connectivity index (χ1v) is 8.46. The van der Waals surface area contributed by atoms with E-state index in [1.807, 2.05) is 6.92 Å². The molecule has 0 spiro atoms. The second-order valence-electron chi connectivity index (χ2n) is 5.56. The third kappa shape index (κ3) is 3.74. The van der Waals surface area contributed by atoms with Crippen LogP contribution in [0.4, 0.5) is 0 Å². The summed E-state index contributed by atoms with van der Waals surface area (Å²) in [6.07, 6.45) is 1.56. The van der Waals surface area contributed by atoms with E-state index in [9.17, 15) is 9.59 Å². The topological polar surface area (TPSA) is 65.2 Å². The molecule has 2 atom stereocenters. The zero-order valence-electron chi connectivity index (χ0n) is 12.4. The number of hydrogen-bond acceptors (Lipinski definition) is 3. The number of nitrogens with one attached hydrogen (secondary N) is 2. The Balaban J connectivity index is 2.06. The van der Waals surface area contributed by atoms with E-state index in [0.717, 1.165) is 0 Å². The molecule has 2 amide bonds. The predicted molar refractivity (Wildman–Crippen MR) is 85.5 cm³/mol. The first kappa shape index (κ1) is 16.2. The van der Waals surface area contributed by atoms with Crippen molar-refractivity contribution in [2.45, 2.75) is 32.9 Å². The third-order valence-electron chi connectivity index (χ3n) is 3.69. The van der Waals surface area contributed by atoms with Gasteiger partial charge in [0.15, 0.2) is 0 Å². The highest BCUT2D eigenvalue weighted by Gasteiger charge is 2.36. The van der Waals surface area contributed by atoms with Crippen LogP contribution in [0.1, 0.15) is 31.3 Å². The summed E-state index contributed by atoms with van der Waals surface area (Å²) in [7, 11) is 0. The van der Waals surface area contributed by atoms with E-state index in [0.29, 0.717) is 28.3 Å². The predicted octanol–water partition coefficient (Wildman–Crippen LogP) is 2.34. The Morgan fingerprint density at radius 2 is 2.19 bits per heavy atom. The van der Waals surface area contributed by atoms with Crippen molar-refractivity contribution in [2.75, 3.05) is 11.6 Å². The second kappa shape index (κ2) is 6.75. The van der Waals surface area contributed by atoms with E-state index in [1.165, 1.54) is 0 Å². The van der Waals surface area contributed by atoms with Crippen molar-refractivity contribution in [1.82, 2.24) is 15.2 Å². The molecule has 5 nitrogen and oxygen atoms in total. The van der Waals surface area contributed by atoms with Gasteiger partial charge in [-0.25, -0.2) is 0 Å². The number of rotatable bonds is 4. The Kier molecular flexibility index (Phi) is 5.22. The third-order valence-corrected chi connectivity index (χ3v) is 4.92. The van der Waals surface area contributed by atoms with Crippen LogP contribution in [-0.2, 0) is 4.79 Å². The molecule has 1 fully saturated rings. The van der Waals surface area contributed by atoms with Crippen LogP contribution < -0.4 is 5.32 Å². The molecular formula is C14H20ClN3O2S. The summed E-state index contributed by atoms with van der Waals surface area (Å²) in [5.74, 6) is 1.21. The minimum absolute atomic E-state index is 0.0833. The second-order valence-corrected chi connectivity index (χ2v) is 7.00. The maximum atomic E-state index is 12.4. The molecule has 1 aliphatic heterocycles. The lowest BCUT2D eigenvalue weighted by Crippen LogP contribution is -2.50. The van der Waals surface area contributed by atoms with Gasteiger partial charge in [0.25, 0.3) is 5.91 Å². The van der Waals surface area contributed by atoms with Gasteiger partial charge in [-0.3, -0.25) is 9.59 Å². The number of carbonyl (C=O) groups is 2. The van der Waals surface area contributed by atoms with Gasteiger partial charge in [0.2, 0.25) is 5.91 Å². The molecule has 116 valence electrons. The highest BCUT2D eigenvalue weighted by atomic mass is 35.5. The smallest absolute Gasteiger partial charge is 0.271 e. The lowest BCUT2D eigenvalue weighted by atomic mass is 10.1. The normalized spacial score (nSPS) is 19.9. The Hall–Kier alpha value is -1.14. The lowest BCUT2D eigenvalue weighted by molar-refractivity contribution is -0.125. The minimum atomic E-state index is -0.425. The molecular weight excluding hydrogens is 310 g/mol. The molecule has 0 radical (unpaired) electrons. The Morgan fingerprint density at radius 3 is 2.76 bits per heavy atom. The number of nitrogens with zero attached hydrogens (tertiary/aromatic N) is 1. The number of amides is 2. The van der Waals surface area contributed by atoms with Gasteiger partial charge in [-0.2, -0.15) is 0 Å². The highest BCUT2D eigenvalue weighted by Crippen LogP contribution is 2.24. The molecule has 1 aliphatic rings. The molecule has 0 aromatic carbocycles. The Labute approximate surface area is 133 Å². The van der Waals surface area contributed by atoms with Crippen molar-refractivity contribution in [2.24, 2.45) is 5.92 Å². The number of carbonyl (C=O) groups excluding carboxylic acids is 2. The van der Waals surface area contributed by atoms with Gasteiger partial charge in [-0.15, -0.1) is 11.8 Å². The molecule has 0 saturated carbocycles. The average molecular weight is 330 g/mol. The maximum Gasteiger partial charge on any atom is 0.271 e. The van der Waals surface area contributed by atoms with E-state index in [1.54, 1.807) is 28.9 Å². The van der Waals surface area contributed by atoms with Gasteiger partial charge in [0.05, 0.1) is 10.9 Å². The van der Waals surface area contributed by atoms with Gasteiger partial charge in [-0.1, -0.05) is 25.4 Å². The maximum absolute atomic E-state index is 12.4. The van der Waals surface area contributed by atoms with Crippen LogP contribution in [0.3, 0.4) is 0 Å². The summed E-state index contributed by atoms with van der Waals surface area (Å²) >= 11 is 7.41. The molecule has 1 aromatic heterocycles. The molecule has 1 aromatic rings. The van der Waals surface area contributed by atoms with E-state index in [4.69, 9.17) is 11.6 Å². The van der Waals surface area contributed by atoms with Crippen molar-refractivity contribution in [1.29, 1.82) is 0 Å². The molecule has 1 saturated heterocycles. The standard InChI is InChI=1S/C14H20ClN3O2S/c1-8(2)9(3)17-13(19)12-6-21-7-18(12)14(20)11-4-10(15)5-16-11/h4-5,8-9,12,16H,6-7H2,1-3H3,(H,17,19)/t9-,12-/m0/s1. The monoisotopic (exact) mass is 329 g/mol. The highest BCUT2D eigenvalue weighted by molar-refractivity contribution is 7.99. The fourth-order valence-corrected chi connectivity index (χ4v) is 3.31. The van der Waals surface area contributed by atoms with Crippen molar-refractivity contribution in [3.63, 3.8) is 0 Å². The van der Waals surface area contributed by atoms with Crippen LogP contribution in [0, 0.1) is 5.92 Å². The molecule has 21 heavy (non-hydrogen) atoms. The van der Waals surface area contributed by atoms with Crippen LogP contribution in [0.2, 0.25) is 5.02 Å². The van der Waals surface area contributed by atoms with E-state index in [2.05, 4.69) is 24.1 Å². The van der Waals surface area contributed by atoms with Gasteiger partial charge < -0.3 is 15.2 Å². The molecule has 2 N–H and O–H groups in total. The molecule has 2 rings (SSSR count). The van der Waals surface area contributed by atoms with Crippen LogP contribution in [0.15, 0.2) is 12.3 Å². The number of H-pyrrole nitrogens is 1. The molecule has 0 unspecified atom stereocenters. The molecule has 0 bridgehead atoms. The number of thioether (sulfide) groups is 1. The van der Waals surface area contributed by atoms with Crippen LogP contribution in [-0.4, -0.2) is 45.4 Å². The van der Waals surface area contributed by atoms with E-state index < -0.39 is 6.04 Å². The fourth-order valence-electron chi connectivity index (χ4n) is 1.99. The number of aromatic amines is 1. The summed E-state index contributed by atoms with van der Waals surface area (Å²) in [6, 6.07) is 1.24. The number of halogens is 1. The average Bonchev–Trinajstić information content (AvgIpc) is 3.06. The van der Waals surface area contributed by atoms with Gasteiger partial charge in [-0.05, 0) is 18.9 Å². The van der Waals surface area contributed by atoms with Gasteiger partial charge in [0.1, 0.15) is 11.7 Å². The molecule has 0 aliphatic carbocycles. The van der Waals surface area contributed by atoms with Crippen molar-refractivity contribution >= 4 is 35.2 Å². The van der Waals surface area contributed by atoms with Gasteiger partial charge >= 0.3 is 0 Å². The zero-order chi connectivity index (χ0) is 15.6. The Morgan fingerprint density at radius 1 is 1.48 bits per heavy atom. The van der Waals surface area contributed by atoms with Crippen molar-refractivity contribution in [3.05, 3.63) is 23.0 Å². The lowest BCUT2D eigenvalue weighted by Gasteiger charge is -2.25. The SMILES string of the molecule is CC(C)[C@H](C)NC(=O)[C@@H]1CSCN1C(=O)c1cc(Cl)c[nH]1. The number of aromatic nitrogens is 1.